The van der Waals surface area contributed by atoms with E-state index in [-0.39, 0.29) is 25.1 Å². The highest BCUT2D eigenvalue weighted by Gasteiger charge is 2.40. The van der Waals surface area contributed by atoms with Crippen molar-refractivity contribution in [3.63, 3.8) is 0 Å². The van der Waals surface area contributed by atoms with Gasteiger partial charge >= 0.3 is 6.01 Å². The first-order valence-electron chi connectivity index (χ1n) is 9.70. The fraction of sp³-hybridized carbons (Fsp3) is 0.500. The van der Waals surface area contributed by atoms with Crippen molar-refractivity contribution < 1.29 is 19.7 Å². The Balaban J connectivity index is 2.03. The van der Waals surface area contributed by atoms with E-state index in [9.17, 15) is 9.90 Å². The summed E-state index contributed by atoms with van der Waals surface area (Å²) in [6, 6.07) is 7.24. The predicted octanol–water partition coefficient (Wildman–Crippen LogP) is 2.93. The van der Waals surface area contributed by atoms with Gasteiger partial charge in [0.05, 0.1) is 0 Å². The van der Waals surface area contributed by atoms with Crippen LogP contribution in [0.3, 0.4) is 0 Å². The Morgan fingerprint density at radius 1 is 1.31 bits per heavy atom. The zero-order chi connectivity index (χ0) is 21.1. The molecule has 2 aromatic rings. The molecule has 0 fully saturated rings. The number of amides is 1. The average Bonchev–Trinajstić information content (AvgIpc) is 3.03. The molecule has 3 rings (SSSR count). The summed E-state index contributed by atoms with van der Waals surface area (Å²) in [5, 5.41) is 20.2. The molecule has 2 heterocycles. The van der Waals surface area contributed by atoms with Gasteiger partial charge in [-0.05, 0) is 37.0 Å². The van der Waals surface area contributed by atoms with E-state index >= 15 is 0 Å². The van der Waals surface area contributed by atoms with E-state index in [0.29, 0.717) is 41.2 Å². The van der Waals surface area contributed by atoms with Crippen LogP contribution < -0.4 is 9.64 Å². The molecular formula is C20H27ClN4O4. The number of hydrogen-bond donors (Lipinski definition) is 2. The maximum atomic E-state index is 13.2. The van der Waals surface area contributed by atoms with Gasteiger partial charge in [-0.15, -0.1) is 0 Å². The van der Waals surface area contributed by atoms with Crippen LogP contribution in [0.5, 0.6) is 11.8 Å². The molecule has 158 valence electrons. The average molecular weight is 423 g/mol. The molecule has 1 aromatic carbocycles. The first-order chi connectivity index (χ1) is 13.8. The number of aliphatic hydroxyl groups is 2. The fourth-order valence-corrected chi connectivity index (χ4v) is 3.38. The highest BCUT2D eigenvalue weighted by atomic mass is 35.5. The SMILES string of the molecule is CC(C)CCn1c(Oc2cccc(Cl)c2)nc2c1C(=O)N(CCCO)C(O)N2C. The molecule has 1 unspecified atom stereocenters. The minimum atomic E-state index is -1.16. The summed E-state index contributed by atoms with van der Waals surface area (Å²) < 4.78 is 7.73. The Kier molecular flexibility index (Phi) is 6.66. The summed E-state index contributed by atoms with van der Waals surface area (Å²) in [7, 11) is 1.67. The number of aromatic nitrogens is 2. The number of imidazole rings is 1. The van der Waals surface area contributed by atoms with E-state index in [4.69, 9.17) is 21.4 Å². The molecule has 0 saturated carbocycles. The van der Waals surface area contributed by atoms with Crippen LogP contribution in [0.1, 0.15) is 37.2 Å². The minimum Gasteiger partial charge on any atom is -0.425 e. The van der Waals surface area contributed by atoms with Gasteiger partial charge in [0.25, 0.3) is 5.91 Å². The molecule has 29 heavy (non-hydrogen) atoms. The lowest BCUT2D eigenvalue weighted by molar-refractivity contribution is 0.00105. The van der Waals surface area contributed by atoms with Crippen LogP contribution >= 0.6 is 11.6 Å². The molecule has 8 nitrogen and oxygen atoms in total. The number of halogens is 1. The molecule has 1 atom stereocenters. The number of hydrogen-bond acceptors (Lipinski definition) is 6. The van der Waals surface area contributed by atoms with E-state index in [1.807, 2.05) is 0 Å². The zero-order valence-electron chi connectivity index (χ0n) is 16.9. The Morgan fingerprint density at radius 2 is 2.07 bits per heavy atom. The van der Waals surface area contributed by atoms with Gasteiger partial charge in [0.1, 0.15) is 5.75 Å². The molecule has 0 bridgehead atoms. The monoisotopic (exact) mass is 422 g/mol. The van der Waals surface area contributed by atoms with E-state index in [2.05, 4.69) is 18.8 Å². The van der Waals surface area contributed by atoms with Gasteiger partial charge in [-0.3, -0.25) is 14.3 Å². The minimum absolute atomic E-state index is 0.0667. The van der Waals surface area contributed by atoms with Gasteiger partial charge in [0.15, 0.2) is 11.5 Å². The van der Waals surface area contributed by atoms with Crippen LogP contribution in [0.2, 0.25) is 5.02 Å². The lowest BCUT2D eigenvalue weighted by atomic mass is 10.1. The van der Waals surface area contributed by atoms with Crippen LogP contribution in [0.15, 0.2) is 24.3 Å². The number of benzene rings is 1. The van der Waals surface area contributed by atoms with Crippen molar-refractivity contribution in [2.45, 2.75) is 39.6 Å². The van der Waals surface area contributed by atoms with Crippen molar-refractivity contribution in [1.29, 1.82) is 0 Å². The smallest absolute Gasteiger partial charge is 0.304 e. The number of rotatable bonds is 8. The highest BCUT2D eigenvalue weighted by molar-refractivity contribution is 6.30. The Labute approximate surface area is 175 Å². The Morgan fingerprint density at radius 3 is 2.72 bits per heavy atom. The summed E-state index contributed by atoms with van der Waals surface area (Å²) in [6.45, 7) is 4.92. The number of fused-ring (bicyclic) bond motifs is 1. The number of carbonyl (C=O) groups excluding carboxylic acids is 1. The molecule has 0 radical (unpaired) electrons. The Bertz CT molecular complexity index is 870. The molecule has 2 N–H and O–H groups in total. The first-order valence-corrected chi connectivity index (χ1v) is 10.1. The Hall–Kier alpha value is -2.29. The first kappa shape index (κ1) is 21.4. The lowest BCUT2D eigenvalue weighted by Gasteiger charge is -2.38. The fourth-order valence-electron chi connectivity index (χ4n) is 3.20. The quantitative estimate of drug-likeness (QED) is 0.679. The number of anilines is 1. The number of aliphatic hydroxyl groups excluding tert-OH is 2. The van der Waals surface area contributed by atoms with Crippen LogP contribution in [-0.2, 0) is 6.54 Å². The van der Waals surface area contributed by atoms with E-state index in [1.165, 1.54) is 9.80 Å². The second kappa shape index (κ2) is 9.02. The molecule has 9 heteroatoms. The summed E-state index contributed by atoms with van der Waals surface area (Å²) in [6.07, 6.45) is 0.0390. The van der Waals surface area contributed by atoms with Crippen molar-refractivity contribution >= 4 is 23.3 Å². The molecule has 1 aromatic heterocycles. The summed E-state index contributed by atoms with van der Waals surface area (Å²) in [5.41, 5.74) is 0.369. The topological polar surface area (TPSA) is 91.1 Å². The van der Waals surface area contributed by atoms with Gasteiger partial charge in [0, 0.05) is 31.8 Å². The van der Waals surface area contributed by atoms with Crippen LogP contribution in [0, 0.1) is 5.92 Å². The molecule has 0 aliphatic carbocycles. The van der Waals surface area contributed by atoms with Gasteiger partial charge in [-0.2, -0.15) is 4.98 Å². The third-order valence-corrected chi connectivity index (χ3v) is 5.06. The van der Waals surface area contributed by atoms with E-state index in [0.717, 1.165) is 6.42 Å². The van der Waals surface area contributed by atoms with Gasteiger partial charge < -0.3 is 19.8 Å². The molecule has 1 aliphatic rings. The standard InChI is InChI=1S/C20H27ClN4O4/c1-13(2)8-10-24-16-17(22-19(24)29-15-7-4-6-14(21)12-15)23(3)20(28)25(18(16)27)9-5-11-26/h4,6-7,12-13,20,26,28H,5,8-11H2,1-3H3. The second-order valence-corrected chi connectivity index (χ2v) is 7.93. The maximum absolute atomic E-state index is 13.2. The van der Waals surface area contributed by atoms with Crippen molar-refractivity contribution in [3.8, 4) is 11.8 Å². The van der Waals surface area contributed by atoms with Crippen LogP contribution in [0.4, 0.5) is 5.82 Å². The summed E-state index contributed by atoms with van der Waals surface area (Å²) in [5.74, 6) is 0.956. The molecule has 0 spiro atoms. The van der Waals surface area contributed by atoms with Crippen LogP contribution in [0.25, 0.3) is 0 Å². The highest BCUT2D eigenvalue weighted by Crippen LogP contribution is 2.35. The van der Waals surface area contributed by atoms with Gasteiger partial charge in [-0.25, -0.2) is 0 Å². The molecule has 0 saturated heterocycles. The van der Waals surface area contributed by atoms with Gasteiger partial charge in [0.2, 0.25) is 6.35 Å². The lowest BCUT2D eigenvalue weighted by Crippen LogP contribution is -2.54. The van der Waals surface area contributed by atoms with Crippen molar-refractivity contribution in [2.24, 2.45) is 5.92 Å². The molecule has 1 amide bonds. The summed E-state index contributed by atoms with van der Waals surface area (Å²) in [4.78, 5) is 20.6. The van der Waals surface area contributed by atoms with Crippen molar-refractivity contribution in [2.75, 3.05) is 25.1 Å². The van der Waals surface area contributed by atoms with Crippen molar-refractivity contribution in [3.05, 3.63) is 35.0 Å². The van der Waals surface area contributed by atoms with Gasteiger partial charge in [-0.1, -0.05) is 31.5 Å². The second-order valence-electron chi connectivity index (χ2n) is 7.49. The van der Waals surface area contributed by atoms with E-state index < -0.39 is 6.35 Å². The molecule has 1 aliphatic heterocycles. The maximum Gasteiger partial charge on any atom is 0.304 e. The summed E-state index contributed by atoms with van der Waals surface area (Å²) >= 11 is 6.06. The van der Waals surface area contributed by atoms with Crippen LogP contribution in [-0.4, -0.2) is 57.1 Å². The number of carbonyl (C=O) groups is 1. The number of ether oxygens (including phenoxy) is 1. The third kappa shape index (κ3) is 4.49. The third-order valence-electron chi connectivity index (χ3n) is 4.83. The van der Waals surface area contributed by atoms with Crippen molar-refractivity contribution in [1.82, 2.24) is 14.5 Å². The normalized spacial score (nSPS) is 16.5. The zero-order valence-corrected chi connectivity index (χ0v) is 17.6. The predicted molar refractivity (Wildman–Crippen MR) is 110 cm³/mol. The van der Waals surface area contributed by atoms with E-state index in [1.54, 1.807) is 35.9 Å². The number of nitrogens with zero attached hydrogens (tertiary/aromatic N) is 4. The molecular weight excluding hydrogens is 396 g/mol. The largest absolute Gasteiger partial charge is 0.425 e.